The average molecular weight is 283 g/mol. The van der Waals surface area contributed by atoms with Crippen molar-refractivity contribution in [2.24, 2.45) is 0 Å². The molecule has 0 saturated heterocycles. The lowest BCUT2D eigenvalue weighted by Crippen LogP contribution is -2.13. The normalized spacial score (nSPS) is 10.2. The molecule has 0 unspecified atom stereocenters. The quantitative estimate of drug-likeness (QED) is 0.823. The molecule has 4 heteroatoms. The van der Waals surface area contributed by atoms with Gasteiger partial charge in [0.2, 0.25) is 0 Å². The number of aromatic nitrogens is 1. The summed E-state index contributed by atoms with van der Waals surface area (Å²) in [5.74, 6) is 0. The zero-order valence-electron chi connectivity index (χ0n) is 11.5. The molecule has 2 aromatic rings. The molecule has 0 amide bonds. The molecule has 1 aromatic carbocycles. The van der Waals surface area contributed by atoms with Crippen molar-refractivity contribution in [1.29, 1.82) is 5.26 Å². The van der Waals surface area contributed by atoms with E-state index in [9.17, 15) is 5.26 Å². The highest BCUT2D eigenvalue weighted by atomic mass is 32.2. The summed E-state index contributed by atoms with van der Waals surface area (Å²) in [5.41, 5.74) is 1.84. The molecule has 1 aromatic heterocycles. The Hall–Kier alpha value is -1.83. The van der Waals surface area contributed by atoms with Crippen molar-refractivity contribution in [3.8, 4) is 6.07 Å². The molecule has 1 N–H and O–H groups in total. The molecular weight excluding hydrogens is 266 g/mol. The molecule has 3 nitrogen and oxygen atoms in total. The maximum Gasteiger partial charge on any atom is 0.101 e. The molecule has 0 aliphatic heterocycles. The molecule has 102 valence electrons. The summed E-state index contributed by atoms with van der Waals surface area (Å²) in [7, 11) is 0. The van der Waals surface area contributed by atoms with Crippen molar-refractivity contribution in [2.75, 3.05) is 6.54 Å². The molecule has 0 atom stereocenters. The van der Waals surface area contributed by atoms with Gasteiger partial charge in [0.05, 0.1) is 5.56 Å². The Balaban J connectivity index is 2.12. The fourth-order valence-corrected chi connectivity index (χ4v) is 2.63. The van der Waals surface area contributed by atoms with Crippen LogP contribution >= 0.6 is 11.8 Å². The zero-order chi connectivity index (χ0) is 14.2. The Kier molecular flexibility index (Phi) is 5.60. The molecule has 0 bridgehead atoms. The summed E-state index contributed by atoms with van der Waals surface area (Å²) in [6.45, 7) is 3.93. The summed E-state index contributed by atoms with van der Waals surface area (Å²) in [6.07, 6.45) is 2.87. The summed E-state index contributed by atoms with van der Waals surface area (Å²) in [4.78, 5) is 5.22. The van der Waals surface area contributed by atoms with E-state index >= 15 is 0 Å². The smallest absolute Gasteiger partial charge is 0.101 e. The number of nitrogens with zero attached hydrogens (tertiary/aromatic N) is 2. The van der Waals surface area contributed by atoms with Crippen molar-refractivity contribution in [1.82, 2.24) is 10.3 Å². The van der Waals surface area contributed by atoms with Gasteiger partial charge in [-0.05, 0) is 42.8 Å². The van der Waals surface area contributed by atoms with Gasteiger partial charge in [-0.25, -0.2) is 4.98 Å². The molecule has 0 fully saturated rings. The predicted octanol–water partition coefficient (Wildman–Crippen LogP) is 3.60. The van der Waals surface area contributed by atoms with Gasteiger partial charge in [0.15, 0.2) is 0 Å². The van der Waals surface area contributed by atoms with Crippen LogP contribution < -0.4 is 5.32 Å². The zero-order valence-corrected chi connectivity index (χ0v) is 12.3. The van der Waals surface area contributed by atoms with Gasteiger partial charge in [-0.1, -0.05) is 30.8 Å². The first kappa shape index (κ1) is 14.6. The second kappa shape index (κ2) is 7.68. The third-order valence-electron chi connectivity index (χ3n) is 2.77. The fourth-order valence-electron chi connectivity index (χ4n) is 1.79. The van der Waals surface area contributed by atoms with E-state index in [4.69, 9.17) is 0 Å². The van der Waals surface area contributed by atoms with Gasteiger partial charge in [0.1, 0.15) is 11.1 Å². The number of benzene rings is 1. The van der Waals surface area contributed by atoms with E-state index in [2.05, 4.69) is 29.4 Å². The minimum absolute atomic E-state index is 0.705. The predicted molar refractivity (Wildman–Crippen MR) is 81.5 cm³/mol. The molecule has 20 heavy (non-hydrogen) atoms. The highest BCUT2D eigenvalue weighted by molar-refractivity contribution is 7.99. The van der Waals surface area contributed by atoms with E-state index in [-0.39, 0.29) is 0 Å². The molecule has 0 saturated carbocycles. The van der Waals surface area contributed by atoms with Gasteiger partial charge in [-0.15, -0.1) is 0 Å². The lowest BCUT2D eigenvalue weighted by atomic mass is 10.1. The van der Waals surface area contributed by atoms with Crippen molar-refractivity contribution in [3.63, 3.8) is 0 Å². The number of rotatable bonds is 6. The number of nitrogens with one attached hydrogen (secondary N) is 1. The van der Waals surface area contributed by atoms with Gasteiger partial charge < -0.3 is 5.32 Å². The number of hydrogen-bond donors (Lipinski definition) is 1. The minimum atomic E-state index is 0.705. The highest BCUT2D eigenvalue weighted by Crippen LogP contribution is 2.29. The summed E-state index contributed by atoms with van der Waals surface area (Å²) in [5, 5.41) is 13.5. The lowest BCUT2D eigenvalue weighted by Gasteiger charge is -2.07. The number of pyridine rings is 1. The van der Waals surface area contributed by atoms with Gasteiger partial charge in [-0.2, -0.15) is 5.26 Å². The average Bonchev–Trinajstić information content (AvgIpc) is 2.50. The van der Waals surface area contributed by atoms with Crippen molar-refractivity contribution in [3.05, 3.63) is 53.7 Å². The Morgan fingerprint density at radius 3 is 2.90 bits per heavy atom. The molecule has 0 aliphatic rings. The van der Waals surface area contributed by atoms with Gasteiger partial charge >= 0.3 is 0 Å². The van der Waals surface area contributed by atoms with Crippen LogP contribution in [0.25, 0.3) is 0 Å². The van der Waals surface area contributed by atoms with Crippen LogP contribution in [0.5, 0.6) is 0 Å². The standard InChI is InChI=1S/C16H17N3S/c1-2-8-18-12-13-6-7-15(14(10-13)11-17)20-16-5-3-4-9-19-16/h3-7,9-10,18H,2,8,12H2,1H3. The fraction of sp³-hybridized carbons (Fsp3) is 0.250. The monoisotopic (exact) mass is 283 g/mol. The van der Waals surface area contributed by atoms with Crippen LogP contribution in [-0.4, -0.2) is 11.5 Å². The van der Waals surface area contributed by atoms with Gasteiger partial charge in [0, 0.05) is 17.6 Å². The van der Waals surface area contributed by atoms with Gasteiger partial charge in [0.25, 0.3) is 0 Å². The van der Waals surface area contributed by atoms with Crippen LogP contribution in [-0.2, 0) is 6.54 Å². The molecule has 1 heterocycles. The first-order chi connectivity index (χ1) is 9.83. The second-order valence-electron chi connectivity index (χ2n) is 4.39. The van der Waals surface area contributed by atoms with E-state index in [1.54, 1.807) is 6.20 Å². The highest BCUT2D eigenvalue weighted by Gasteiger charge is 2.06. The maximum atomic E-state index is 9.29. The van der Waals surface area contributed by atoms with Gasteiger partial charge in [-0.3, -0.25) is 0 Å². The number of hydrogen-bond acceptors (Lipinski definition) is 4. The van der Waals surface area contributed by atoms with E-state index in [1.165, 1.54) is 11.8 Å². The summed E-state index contributed by atoms with van der Waals surface area (Å²) < 4.78 is 0. The molecule has 0 aliphatic carbocycles. The largest absolute Gasteiger partial charge is 0.313 e. The van der Waals surface area contributed by atoms with E-state index < -0.39 is 0 Å². The SMILES string of the molecule is CCCNCc1ccc(Sc2ccccn2)c(C#N)c1. The Morgan fingerprint density at radius 2 is 2.20 bits per heavy atom. The van der Waals surface area contributed by atoms with Crippen LogP contribution in [0, 0.1) is 11.3 Å². The molecular formula is C16H17N3S. The third kappa shape index (κ3) is 4.09. The van der Waals surface area contributed by atoms with Crippen LogP contribution in [0.3, 0.4) is 0 Å². The maximum absolute atomic E-state index is 9.29. The van der Waals surface area contributed by atoms with E-state index in [0.717, 1.165) is 35.0 Å². The van der Waals surface area contributed by atoms with Crippen LogP contribution in [0.1, 0.15) is 24.5 Å². The van der Waals surface area contributed by atoms with Crippen LogP contribution in [0.2, 0.25) is 0 Å². The second-order valence-corrected chi connectivity index (χ2v) is 5.45. The van der Waals surface area contributed by atoms with Crippen molar-refractivity contribution >= 4 is 11.8 Å². The molecule has 0 radical (unpaired) electrons. The lowest BCUT2D eigenvalue weighted by molar-refractivity contribution is 0.675. The number of nitriles is 1. The topological polar surface area (TPSA) is 48.7 Å². The minimum Gasteiger partial charge on any atom is -0.313 e. The van der Waals surface area contributed by atoms with Crippen molar-refractivity contribution < 1.29 is 0 Å². The van der Waals surface area contributed by atoms with Crippen LogP contribution in [0.15, 0.2) is 52.5 Å². The molecule has 0 spiro atoms. The van der Waals surface area contributed by atoms with Crippen LogP contribution in [0.4, 0.5) is 0 Å². The Bertz CT molecular complexity index is 590. The van der Waals surface area contributed by atoms with Crippen molar-refractivity contribution in [2.45, 2.75) is 29.8 Å². The third-order valence-corrected chi connectivity index (χ3v) is 3.80. The first-order valence-electron chi connectivity index (χ1n) is 6.66. The Morgan fingerprint density at radius 1 is 1.30 bits per heavy atom. The first-order valence-corrected chi connectivity index (χ1v) is 7.47. The van der Waals surface area contributed by atoms with E-state index in [0.29, 0.717) is 5.56 Å². The summed E-state index contributed by atoms with van der Waals surface area (Å²) >= 11 is 1.52. The summed E-state index contributed by atoms with van der Waals surface area (Å²) in [6, 6.07) is 14.1. The van der Waals surface area contributed by atoms with E-state index in [1.807, 2.05) is 30.3 Å². The Labute approximate surface area is 124 Å². The molecule has 2 rings (SSSR count).